The molecule has 2 aliphatic rings. The van der Waals surface area contributed by atoms with Crippen molar-refractivity contribution in [2.75, 3.05) is 25.1 Å². The van der Waals surface area contributed by atoms with Gasteiger partial charge in [0.05, 0.1) is 23.0 Å². The molecule has 9 heteroatoms. The molecule has 1 aliphatic heterocycles. The summed E-state index contributed by atoms with van der Waals surface area (Å²) in [5, 5.41) is 9.00. The SMILES string of the molecule is CO[C@H]1CN(c2c(F)cc3c(=O)c(C(=O)O)cn(C4CC4)c3c2F)C[C@@H]1N. The molecule has 7 nitrogen and oxygen atoms in total. The molecule has 2 atom stereocenters. The Morgan fingerprint density at radius 1 is 1.33 bits per heavy atom. The summed E-state index contributed by atoms with van der Waals surface area (Å²) in [6, 6.07) is 0.420. The van der Waals surface area contributed by atoms with Crippen molar-refractivity contribution >= 4 is 22.6 Å². The number of hydrogen-bond donors (Lipinski definition) is 2. The van der Waals surface area contributed by atoms with E-state index in [4.69, 9.17) is 10.5 Å². The predicted molar refractivity (Wildman–Crippen MR) is 94.3 cm³/mol. The number of methoxy groups -OCH3 is 1. The van der Waals surface area contributed by atoms with Gasteiger partial charge >= 0.3 is 5.97 Å². The van der Waals surface area contributed by atoms with E-state index >= 15 is 4.39 Å². The van der Waals surface area contributed by atoms with Gasteiger partial charge in [0.15, 0.2) is 5.82 Å². The van der Waals surface area contributed by atoms with E-state index in [1.165, 1.54) is 16.6 Å². The Labute approximate surface area is 152 Å². The molecule has 1 aromatic carbocycles. The van der Waals surface area contributed by atoms with Crippen molar-refractivity contribution in [2.45, 2.75) is 31.0 Å². The number of carboxylic acids is 1. The van der Waals surface area contributed by atoms with Crippen molar-refractivity contribution in [3.05, 3.63) is 39.7 Å². The fourth-order valence-corrected chi connectivity index (χ4v) is 3.75. The van der Waals surface area contributed by atoms with Gasteiger partial charge in [-0.05, 0) is 18.9 Å². The normalized spacial score (nSPS) is 22.6. The Balaban J connectivity index is 1.96. The summed E-state index contributed by atoms with van der Waals surface area (Å²) in [6.45, 7) is 0.427. The van der Waals surface area contributed by atoms with E-state index in [0.717, 1.165) is 25.1 Å². The fraction of sp³-hybridized carbons (Fsp3) is 0.444. The first-order valence-corrected chi connectivity index (χ1v) is 8.67. The van der Waals surface area contributed by atoms with Crippen LogP contribution >= 0.6 is 0 Å². The predicted octanol–water partition coefficient (Wildman–Crippen LogP) is 1.48. The summed E-state index contributed by atoms with van der Waals surface area (Å²) in [5.74, 6) is -3.23. The number of aromatic carboxylic acids is 1. The summed E-state index contributed by atoms with van der Waals surface area (Å²) in [6.07, 6.45) is 2.27. The standard InChI is InChI=1S/C18H19F2N3O4/c1-27-13-7-22(6-12(13)21)16-11(19)4-9-15(14(16)20)23(8-2-3-8)5-10(17(9)24)18(25)26/h4-5,8,12-13H,2-3,6-7,21H2,1H3,(H,25,26)/t12-,13-/m0/s1. The van der Waals surface area contributed by atoms with Gasteiger partial charge in [0.2, 0.25) is 5.43 Å². The molecule has 144 valence electrons. The molecular formula is C18H19F2N3O4. The summed E-state index contributed by atoms with van der Waals surface area (Å²) in [4.78, 5) is 25.3. The van der Waals surface area contributed by atoms with Crippen LogP contribution in [0.3, 0.4) is 0 Å². The van der Waals surface area contributed by atoms with Gasteiger partial charge in [-0.2, -0.15) is 0 Å². The minimum absolute atomic E-state index is 0.0710. The molecule has 2 aromatic rings. The molecule has 1 saturated carbocycles. The van der Waals surface area contributed by atoms with Crippen LogP contribution in [0.15, 0.2) is 17.1 Å². The summed E-state index contributed by atoms with van der Waals surface area (Å²) < 4.78 is 36.9. The van der Waals surface area contributed by atoms with Crippen LogP contribution < -0.4 is 16.1 Å². The zero-order chi connectivity index (χ0) is 19.5. The molecule has 0 bridgehead atoms. The van der Waals surface area contributed by atoms with Gasteiger partial charge in [-0.25, -0.2) is 13.6 Å². The van der Waals surface area contributed by atoms with Crippen molar-refractivity contribution in [1.82, 2.24) is 4.57 Å². The molecular weight excluding hydrogens is 360 g/mol. The Morgan fingerprint density at radius 2 is 2.04 bits per heavy atom. The van der Waals surface area contributed by atoms with Gasteiger partial charge in [0.25, 0.3) is 0 Å². The number of carboxylic acid groups (broad SMARTS) is 1. The van der Waals surface area contributed by atoms with E-state index in [1.54, 1.807) is 0 Å². The Morgan fingerprint density at radius 3 is 2.59 bits per heavy atom. The van der Waals surface area contributed by atoms with Gasteiger partial charge in [0.1, 0.15) is 17.1 Å². The Kier molecular flexibility index (Phi) is 4.15. The highest BCUT2D eigenvalue weighted by atomic mass is 19.1. The van der Waals surface area contributed by atoms with Gasteiger partial charge in [-0.1, -0.05) is 0 Å². The number of ether oxygens (including phenoxy) is 1. The van der Waals surface area contributed by atoms with E-state index in [9.17, 15) is 19.1 Å². The smallest absolute Gasteiger partial charge is 0.341 e. The number of carbonyl (C=O) groups is 1. The number of fused-ring (bicyclic) bond motifs is 1. The molecule has 0 amide bonds. The number of benzene rings is 1. The lowest BCUT2D eigenvalue weighted by atomic mass is 10.1. The number of rotatable bonds is 4. The first kappa shape index (κ1) is 17.9. The number of hydrogen-bond acceptors (Lipinski definition) is 5. The van der Waals surface area contributed by atoms with Gasteiger partial charge in [0, 0.05) is 32.4 Å². The number of pyridine rings is 1. The molecule has 1 aliphatic carbocycles. The lowest BCUT2D eigenvalue weighted by Gasteiger charge is -2.22. The zero-order valence-corrected chi connectivity index (χ0v) is 14.6. The van der Waals surface area contributed by atoms with Crippen molar-refractivity contribution in [3.8, 4) is 0 Å². The van der Waals surface area contributed by atoms with Gasteiger partial charge < -0.3 is 25.0 Å². The minimum Gasteiger partial charge on any atom is -0.477 e. The Bertz CT molecular complexity index is 1000. The molecule has 3 N–H and O–H groups in total. The first-order chi connectivity index (χ1) is 12.8. The van der Waals surface area contributed by atoms with Crippen molar-refractivity contribution in [3.63, 3.8) is 0 Å². The van der Waals surface area contributed by atoms with Crippen LogP contribution in [0.5, 0.6) is 0 Å². The number of aromatic nitrogens is 1. The van der Waals surface area contributed by atoms with Gasteiger partial charge in [-0.3, -0.25) is 4.79 Å². The second-order valence-corrected chi connectivity index (χ2v) is 7.08. The number of halogens is 2. The van der Waals surface area contributed by atoms with E-state index < -0.39 is 34.6 Å². The van der Waals surface area contributed by atoms with Crippen LogP contribution in [0.4, 0.5) is 14.5 Å². The fourth-order valence-electron chi connectivity index (χ4n) is 3.75. The van der Waals surface area contributed by atoms with Crippen LogP contribution in [-0.4, -0.2) is 48.0 Å². The lowest BCUT2D eigenvalue weighted by molar-refractivity contribution is 0.0694. The zero-order valence-electron chi connectivity index (χ0n) is 14.6. The average Bonchev–Trinajstić information content (AvgIpc) is 3.38. The topological polar surface area (TPSA) is 97.8 Å². The maximum absolute atomic E-state index is 15.4. The van der Waals surface area contributed by atoms with E-state index in [1.807, 2.05) is 0 Å². The monoisotopic (exact) mass is 379 g/mol. The molecule has 1 saturated heterocycles. The average molecular weight is 379 g/mol. The maximum atomic E-state index is 15.4. The molecule has 27 heavy (non-hydrogen) atoms. The second kappa shape index (κ2) is 6.28. The van der Waals surface area contributed by atoms with Crippen molar-refractivity contribution in [1.29, 1.82) is 0 Å². The highest BCUT2D eigenvalue weighted by molar-refractivity contribution is 5.94. The maximum Gasteiger partial charge on any atom is 0.341 e. The highest BCUT2D eigenvalue weighted by Gasteiger charge is 2.35. The number of nitrogens with two attached hydrogens (primary N) is 1. The highest BCUT2D eigenvalue weighted by Crippen LogP contribution is 2.40. The third-order valence-corrected chi connectivity index (χ3v) is 5.28. The largest absolute Gasteiger partial charge is 0.477 e. The molecule has 0 unspecified atom stereocenters. The number of anilines is 1. The summed E-state index contributed by atoms with van der Waals surface area (Å²) >= 11 is 0. The van der Waals surface area contributed by atoms with Crippen LogP contribution in [-0.2, 0) is 4.74 Å². The quantitative estimate of drug-likeness (QED) is 0.835. The molecule has 4 rings (SSSR count). The Hall–Kier alpha value is -2.52. The third-order valence-electron chi connectivity index (χ3n) is 5.28. The molecule has 1 aromatic heterocycles. The molecule has 2 fully saturated rings. The van der Waals surface area contributed by atoms with Crippen LogP contribution in [0.2, 0.25) is 0 Å². The minimum atomic E-state index is -1.42. The number of nitrogens with zero attached hydrogens (tertiary/aromatic N) is 2. The van der Waals surface area contributed by atoms with E-state index in [0.29, 0.717) is 0 Å². The van der Waals surface area contributed by atoms with Crippen LogP contribution in [0, 0.1) is 11.6 Å². The van der Waals surface area contributed by atoms with Crippen molar-refractivity contribution in [2.24, 2.45) is 5.73 Å². The summed E-state index contributed by atoms with van der Waals surface area (Å²) in [7, 11) is 1.49. The molecule has 0 radical (unpaired) electrons. The molecule has 2 heterocycles. The molecule has 0 spiro atoms. The van der Waals surface area contributed by atoms with Crippen molar-refractivity contribution < 1.29 is 23.4 Å². The second-order valence-electron chi connectivity index (χ2n) is 7.08. The van der Waals surface area contributed by atoms with Gasteiger partial charge in [-0.15, -0.1) is 0 Å². The van der Waals surface area contributed by atoms with E-state index in [2.05, 4.69) is 0 Å². The third kappa shape index (κ3) is 2.78. The van der Waals surface area contributed by atoms with E-state index in [-0.39, 0.29) is 41.8 Å². The van der Waals surface area contributed by atoms with Crippen LogP contribution in [0.25, 0.3) is 10.9 Å². The van der Waals surface area contributed by atoms with Crippen LogP contribution in [0.1, 0.15) is 29.2 Å². The first-order valence-electron chi connectivity index (χ1n) is 8.67. The lowest BCUT2D eigenvalue weighted by Crippen LogP contribution is -2.34. The summed E-state index contributed by atoms with van der Waals surface area (Å²) in [5.41, 5.74) is 4.23.